The highest BCUT2D eigenvalue weighted by Crippen LogP contribution is 2.38. The molecule has 144 valence electrons. The first kappa shape index (κ1) is 24.0. The van der Waals surface area contributed by atoms with E-state index in [1.54, 1.807) is 21.3 Å². The van der Waals surface area contributed by atoms with Crippen LogP contribution in [0.1, 0.15) is 19.4 Å². The average molecular weight is 483 g/mol. The van der Waals surface area contributed by atoms with Gasteiger partial charge < -0.3 is 24.8 Å². The molecule has 0 aliphatic carbocycles. The maximum Gasteiger partial charge on any atom is 0.203 e. The van der Waals surface area contributed by atoms with Gasteiger partial charge in [0.2, 0.25) is 5.75 Å². The molecule has 6 nitrogen and oxygen atoms in total. The number of ether oxygens (including phenoxy) is 3. The van der Waals surface area contributed by atoms with Crippen molar-refractivity contribution < 1.29 is 14.2 Å². The van der Waals surface area contributed by atoms with Crippen LogP contribution >= 0.6 is 35.7 Å². The van der Waals surface area contributed by atoms with E-state index in [2.05, 4.69) is 35.7 Å². The zero-order chi connectivity index (χ0) is 17.9. The molecule has 0 aliphatic rings. The maximum absolute atomic E-state index is 5.38. The summed E-state index contributed by atoms with van der Waals surface area (Å²) < 4.78 is 16.1. The van der Waals surface area contributed by atoms with E-state index in [9.17, 15) is 0 Å². The predicted octanol–water partition coefficient (Wildman–Crippen LogP) is 3.14. The van der Waals surface area contributed by atoms with Crippen LogP contribution in [-0.2, 0) is 6.54 Å². The van der Waals surface area contributed by atoms with Gasteiger partial charge in [-0.25, -0.2) is 4.99 Å². The number of hydrogen-bond donors (Lipinski definition) is 2. The molecule has 1 aromatic rings. The Morgan fingerprint density at radius 2 is 1.72 bits per heavy atom. The van der Waals surface area contributed by atoms with Crippen molar-refractivity contribution in [3.8, 4) is 17.2 Å². The number of nitrogens with zero attached hydrogens (tertiary/aromatic N) is 1. The zero-order valence-corrected chi connectivity index (χ0v) is 19.0. The lowest BCUT2D eigenvalue weighted by atomic mass is 10.2. The Morgan fingerprint density at radius 1 is 1.12 bits per heavy atom. The average Bonchev–Trinajstić information content (AvgIpc) is 2.62. The number of halogens is 1. The van der Waals surface area contributed by atoms with Crippen LogP contribution in [0.2, 0.25) is 0 Å². The SMILES string of the molecule is CCNC(=NCc1cc(OC)c(OC)c(OC)c1)NCC(C)SC.I. The fourth-order valence-electron chi connectivity index (χ4n) is 2.06. The molecule has 1 aromatic carbocycles. The van der Waals surface area contributed by atoms with E-state index in [0.717, 1.165) is 24.6 Å². The number of nitrogens with one attached hydrogen (secondary N) is 2. The van der Waals surface area contributed by atoms with Gasteiger partial charge in [0, 0.05) is 18.3 Å². The third-order valence-electron chi connectivity index (χ3n) is 3.45. The molecule has 0 aliphatic heterocycles. The summed E-state index contributed by atoms with van der Waals surface area (Å²) in [6.45, 7) is 6.42. The minimum atomic E-state index is 0. The minimum Gasteiger partial charge on any atom is -0.493 e. The van der Waals surface area contributed by atoms with Crippen molar-refractivity contribution >= 4 is 41.7 Å². The van der Waals surface area contributed by atoms with Crippen molar-refractivity contribution in [1.29, 1.82) is 0 Å². The summed E-state index contributed by atoms with van der Waals surface area (Å²) in [5, 5.41) is 7.13. The lowest BCUT2D eigenvalue weighted by Crippen LogP contribution is -2.40. The fraction of sp³-hybridized carbons (Fsp3) is 0.588. The van der Waals surface area contributed by atoms with Gasteiger partial charge in [-0.05, 0) is 30.9 Å². The summed E-state index contributed by atoms with van der Waals surface area (Å²) in [6, 6.07) is 3.83. The van der Waals surface area contributed by atoms with Crippen molar-refractivity contribution in [2.75, 3.05) is 40.7 Å². The molecule has 0 aromatic heterocycles. The van der Waals surface area contributed by atoms with Gasteiger partial charge in [-0.1, -0.05) is 6.92 Å². The van der Waals surface area contributed by atoms with Crippen molar-refractivity contribution in [3.05, 3.63) is 17.7 Å². The Balaban J connectivity index is 0.00000576. The summed E-state index contributed by atoms with van der Waals surface area (Å²) in [5.74, 6) is 2.66. The normalized spacial score (nSPS) is 12.0. The summed E-state index contributed by atoms with van der Waals surface area (Å²) in [4.78, 5) is 4.63. The van der Waals surface area contributed by atoms with Crippen molar-refractivity contribution in [2.24, 2.45) is 4.99 Å². The standard InChI is InChI=1S/C17H29N3O3S.HI/c1-7-18-17(19-10-12(2)24-6)20-11-13-8-14(21-3)16(23-5)15(9-13)22-4;/h8-9,12H,7,10-11H2,1-6H3,(H2,18,19,20);1H. The number of aliphatic imine (C=N–C) groups is 1. The summed E-state index contributed by atoms with van der Waals surface area (Å²) in [7, 11) is 4.82. The first-order chi connectivity index (χ1) is 11.6. The number of guanidine groups is 1. The Kier molecular flexibility index (Phi) is 12.7. The molecule has 0 fully saturated rings. The molecule has 0 bridgehead atoms. The molecule has 8 heteroatoms. The van der Waals surface area contributed by atoms with E-state index in [0.29, 0.717) is 29.0 Å². The summed E-state index contributed by atoms with van der Waals surface area (Å²) in [6.07, 6.45) is 2.10. The molecule has 0 radical (unpaired) electrons. The molecule has 25 heavy (non-hydrogen) atoms. The Morgan fingerprint density at radius 3 is 2.16 bits per heavy atom. The van der Waals surface area contributed by atoms with Crippen molar-refractivity contribution in [3.63, 3.8) is 0 Å². The molecule has 1 unspecified atom stereocenters. The van der Waals surface area contributed by atoms with Crippen LogP contribution in [0.25, 0.3) is 0 Å². The zero-order valence-electron chi connectivity index (χ0n) is 15.8. The molecule has 2 N–H and O–H groups in total. The van der Waals surface area contributed by atoms with Gasteiger partial charge in [0.25, 0.3) is 0 Å². The third-order valence-corrected chi connectivity index (χ3v) is 4.42. The van der Waals surface area contributed by atoms with Gasteiger partial charge in [-0.3, -0.25) is 0 Å². The number of thioether (sulfide) groups is 1. The lowest BCUT2D eigenvalue weighted by molar-refractivity contribution is 0.324. The van der Waals surface area contributed by atoms with Gasteiger partial charge >= 0.3 is 0 Å². The van der Waals surface area contributed by atoms with E-state index in [-0.39, 0.29) is 24.0 Å². The number of benzene rings is 1. The highest BCUT2D eigenvalue weighted by Gasteiger charge is 2.13. The highest BCUT2D eigenvalue weighted by molar-refractivity contribution is 14.0. The van der Waals surface area contributed by atoms with Gasteiger partial charge in [-0.2, -0.15) is 11.8 Å². The summed E-state index contributed by atoms with van der Waals surface area (Å²) in [5.41, 5.74) is 0.986. The van der Waals surface area contributed by atoms with E-state index in [1.165, 1.54) is 0 Å². The van der Waals surface area contributed by atoms with E-state index in [4.69, 9.17) is 14.2 Å². The minimum absolute atomic E-state index is 0. The van der Waals surface area contributed by atoms with Crippen LogP contribution in [-0.4, -0.2) is 51.9 Å². The largest absolute Gasteiger partial charge is 0.493 e. The molecular formula is C17H30IN3O3S. The summed E-state index contributed by atoms with van der Waals surface area (Å²) >= 11 is 1.82. The highest BCUT2D eigenvalue weighted by atomic mass is 127. The monoisotopic (exact) mass is 483 g/mol. The second kappa shape index (κ2) is 13.2. The van der Waals surface area contributed by atoms with Crippen LogP contribution in [0.4, 0.5) is 0 Å². The molecule has 1 rings (SSSR count). The van der Waals surface area contributed by atoms with E-state index in [1.807, 2.05) is 23.9 Å². The predicted molar refractivity (Wildman–Crippen MR) is 117 cm³/mol. The smallest absolute Gasteiger partial charge is 0.203 e. The first-order valence-corrected chi connectivity index (χ1v) is 9.22. The van der Waals surface area contributed by atoms with Crippen LogP contribution in [0.5, 0.6) is 17.2 Å². The van der Waals surface area contributed by atoms with Crippen LogP contribution in [0.3, 0.4) is 0 Å². The van der Waals surface area contributed by atoms with E-state index >= 15 is 0 Å². The molecule has 0 amide bonds. The topological polar surface area (TPSA) is 64.1 Å². The number of rotatable bonds is 9. The second-order valence-electron chi connectivity index (χ2n) is 5.16. The van der Waals surface area contributed by atoms with Crippen molar-refractivity contribution in [1.82, 2.24) is 10.6 Å². The molecule has 0 saturated carbocycles. The number of hydrogen-bond acceptors (Lipinski definition) is 5. The van der Waals surface area contributed by atoms with E-state index < -0.39 is 0 Å². The van der Waals surface area contributed by atoms with Crippen LogP contribution in [0, 0.1) is 0 Å². The Hall–Kier alpha value is -1.03. The van der Waals surface area contributed by atoms with Gasteiger partial charge in [-0.15, -0.1) is 24.0 Å². The molecule has 0 saturated heterocycles. The molecule has 0 spiro atoms. The fourth-order valence-corrected chi connectivity index (χ4v) is 2.31. The van der Waals surface area contributed by atoms with Gasteiger partial charge in [0.05, 0.1) is 27.9 Å². The number of methoxy groups -OCH3 is 3. The quantitative estimate of drug-likeness (QED) is 0.320. The maximum atomic E-state index is 5.38. The molecule has 1 atom stereocenters. The Bertz CT molecular complexity index is 519. The van der Waals surface area contributed by atoms with Gasteiger partial charge in [0.15, 0.2) is 17.5 Å². The van der Waals surface area contributed by atoms with Crippen LogP contribution in [0.15, 0.2) is 17.1 Å². The Labute approximate surface area is 172 Å². The van der Waals surface area contributed by atoms with Crippen molar-refractivity contribution in [2.45, 2.75) is 25.6 Å². The third kappa shape index (κ3) is 7.81. The second-order valence-corrected chi connectivity index (χ2v) is 6.43. The van der Waals surface area contributed by atoms with Crippen LogP contribution < -0.4 is 24.8 Å². The van der Waals surface area contributed by atoms with Gasteiger partial charge in [0.1, 0.15) is 0 Å². The molecule has 0 heterocycles. The lowest BCUT2D eigenvalue weighted by Gasteiger charge is -2.15. The molecular weight excluding hydrogens is 453 g/mol. The first-order valence-electron chi connectivity index (χ1n) is 7.93.